The summed E-state index contributed by atoms with van der Waals surface area (Å²) in [6.45, 7) is 10.2. The number of rotatable bonds is 8. The van der Waals surface area contributed by atoms with Crippen LogP contribution in [-0.2, 0) is 9.53 Å². The molecule has 0 heterocycles. The molecule has 0 aliphatic rings. The van der Waals surface area contributed by atoms with Gasteiger partial charge in [0.15, 0.2) is 0 Å². The normalized spacial score (nSPS) is 16.6. The van der Waals surface area contributed by atoms with Gasteiger partial charge in [-0.2, -0.15) is 0 Å². The van der Waals surface area contributed by atoms with Crippen LogP contribution in [-0.4, -0.2) is 50.2 Å². The third-order valence-corrected chi connectivity index (χ3v) is 3.60. The molecule has 102 valence electrons. The monoisotopic (exact) mass is 244 g/mol. The molecule has 4 heteroatoms. The maximum atomic E-state index is 11.3. The van der Waals surface area contributed by atoms with Gasteiger partial charge in [-0.1, -0.05) is 13.8 Å². The first-order valence-electron chi connectivity index (χ1n) is 6.45. The molecule has 0 spiro atoms. The van der Waals surface area contributed by atoms with E-state index in [9.17, 15) is 4.79 Å². The number of esters is 1. The second-order valence-electron chi connectivity index (χ2n) is 4.79. The van der Waals surface area contributed by atoms with Crippen LogP contribution in [0.5, 0.6) is 0 Å². The summed E-state index contributed by atoms with van der Waals surface area (Å²) in [6, 6.07) is 0.748. The number of hydrogen-bond donors (Lipinski definition) is 1. The Balaban J connectivity index is 3.85. The molecular formula is C13H28N2O2. The van der Waals surface area contributed by atoms with Crippen molar-refractivity contribution in [3.63, 3.8) is 0 Å². The fraction of sp³-hybridized carbons (Fsp3) is 0.923. The molecule has 0 radical (unpaired) electrons. The van der Waals surface area contributed by atoms with Gasteiger partial charge in [-0.05, 0) is 27.3 Å². The number of ether oxygens (including phenoxy) is 1. The lowest BCUT2D eigenvalue weighted by Gasteiger charge is -2.25. The molecule has 4 nitrogen and oxygen atoms in total. The summed E-state index contributed by atoms with van der Waals surface area (Å²) in [7, 11) is 3.56. The zero-order chi connectivity index (χ0) is 13.4. The van der Waals surface area contributed by atoms with Gasteiger partial charge in [-0.25, -0.2) is 0 Å². The molecular weight excluding hydrogens is 216 g/mol. The van der Waals surface area contributed by atoms with Gasteiger partial charge < -0.3 is 15.0 Å². The average Bonchev–Trinajstić information content (AvgIpc) is 2.35. The van der Waals surface area contributed by atoms with Gasteiger partial charge >= 0.3 is 5.97 Å². The summed E-state index contributed by atoms with van der Waals surface area (Å²) in [6.07, 6.45) is 1.16. The van der Waals surface area contributed by atoms with E-state index in [-0.39, 0.29) is 17.9 Å². The highest BCUT2D eigenvalue weighted by molar-refractivity contribution is 5.72. The number of methoxy groups -OCH3 is 1. The Bertz CT molecular complexity index is 221. The fourth-order valence-electron chi connectivity index (χ4n) is 1.57. The van der Waals surface area contributed by atoms with Crippen molar-refractivity contribution in [2.75, 3.05) is 27.2 Å². The molecule has 0 rings (SSSR count). The maximum absolute atomic E-state index is 11.3. The second kappa shape index (κ2) is 8.48. The van der Waals surface area contributed by atoms with Gasteiger partial charge in [0.2, 0.25) is 0 Å². The lowest BCUT2D eigenvalue weighted by atomic mass is 10.0. The van der Waals surface area contributed by atoms with E-state index < -0.39 is 0 Å². The number of carbonyl (C=O) groups is 1. The van der Waals surface area contributed by atoms with Gasteiger partial charge in [-0.3, -0.25) is 4.79 Å². The van der Waals surface area contributed by atoms with E-state index in [1.54, 1.807) is 0 Å². The topological polar surface area (TPSA) is 41.6 Å². The van der Waals surface area contributed by atoms with Gasteiger partial charge in [0, 0.05) is 25.2 Å². The molecule has 0 amide bonds. The summed E-state index contributed by atoms with van der Waals surface area (Å²) in [5.41, 5.74) is 0. The van der Waals surface area contributed by atoms with Crippen molar-refractivity contribution in [3.8, 4) is 0 Å². The fourth-order valence-corrected chi connectivity index (χ4v) is 1.57. The minimum Gasteiger partial charge on any atom is -0.469 e. The molecule has 3 unspecified atom stereocenters. The largest absolute Gasteiger partial charge is 0.469 e. The van der Waals surface area contributed by atoms with Gasteiger partial charge in [0.1, 0.15) is 0 Å². The van der Waals surface area contributed by atoms with E-state index in [1.165, 1.54) is 7.11 Å². The second-order valence-corrected chi connectivity index (χ2v) is 4.79. The molecule has 17 heavy (non-hydrogen) atoms. The highest BCUT2D eigenvalue weighted by atomic mass is 16.5. The minimum absolute atomic E-state index is 0.103. The van der Waals surface area contributed by atoms with Crippen molar-refractivity contribution in [1.29, 1.82) is 0 Å². The Labute approximate surface area is 106 Å². The molecule has 1 N–H and O–H groups in total. The molecule has 0 aromatic rings. The summed E-state index contributed by atoms with van der Waals surface area (Å²) < 4.78 is 4.73. The number of likely N-dealkylation sites (N-methyl/N-ethyl adjacent to an activating group) is 1. The van der Waals surface area contributed by atoms with Crippen molar-refractivity contribution >= 4 is 5.97 Å². The maximum Gasteiger partial charge on any atom is 0.309 e. The molecule has 0 saturated carbocycles. The van der Waals surface area contributed by atoms with Crippen molar-refractivity contribution in [1.82, 2.24) is 10.2 Å². The Kier molecular flexibility index (Phi) is 8.17. The Morgan fingerprint density at radius 3 is 2.41 bits per heavy atom. The van der Waals surface area contributed by atoms with Crippen molar-refractivity contribution in [2.45, 2.75) is 46.2 Å². The van der Waals surface area contributed by atoms with Crippen LogP contribution in [0.3, 0.4) is 0 Å². The smallest absolute Gasteiger partial charge is 0.309 e. The third kappa shape index (κ3) is 6.03. The van der Waals surface area contributed by atoms with Gasteiger partial charge in [0.25, 0.3) is 0 Å². The highest BCUT2D eigenvalue weighted by Gasteiger charge is 2.20. The van der Waals surface area contributed by atoms with E-state index >= 15 is 0 Å². The van der Waals surface area contributed by atoms with Crippen molar-refractivity contribution in [3.05, 3.63) is 0 Å². The predicted octanol–water partition coefficient (Wildman–Crippen LogP) is 1.50. The average molecular weight is 244 g/mol. The van der Waals surface area contributed by atoms with Crippen LogP contribution < -0.4 is 5.32 Å². The SMILES string of the molecule is CCC(C)N(C)CCNC(C)C(C)C(=O)OC. The standard InChI is InChI=1S/C13H28N2O2/c1-7-10(2)15(5)9-8-14-12(4)11(3)13(16)17-6/h10-12,14H,7-9H2,1-6H3. The van der Waals surface area contributed by atoms with Crippen LogP contribution in [0.4, 0.5) is 0 Å². The molecule has 3 atom stereocenters. The van der Waals surface area contributed by atoms with E-state index in [1.807, 2.05) is 13.8 Å². The van der Waals surface area contributed by atoms with E-state index in [0.717, 1.165) is 19.5 Å². The Morgan fingerprint density at radius 1 is 1.35 bits per heavy atom. The first-order valence-corrected chi connectivity index (χ1v) is 6.45. The molecule has 0 saturated heterocycles. The third-order valence-electron chi connectivity index (χ3n) is 3.60. The molecule has 0 aliphatic carbocycles. The zero-order valence-corrected chi connectivity index (χ0v) is 12.1. The van der Waals surface area contributed by atoms with E-state index in [4.69, 9.17) is 4.74 Å². The molecule has 0 bridgehead atoms. The predicted molar refractivity (Wildman–Crippen MR) is 71.0 cm³/mol. The Hall–Kier alpha value is -0.610. The van der Waals surface area contributed by atoms with Crippen molar-refractivity contribution in [2.24, 2.45) is 5.92 Å². The van der Waals surface area contributed by atoms with Crippen LogP contribution in [0.25, 0.3) is 0 Å². The highest BCUT2D eigenvalue weighted by Crippen LogP contribution is 2.04. The first-order chi connectivity index (χ1) is 7.93. The number of nitrogens with zero attached hydrogens (tertiary/aromatic N) is 1. The molecule has 0 aromatic heterocycles. The van der Waals surface area contributed by atoms with Gasteiger partial charge in [0.05, 0.1) is 13.0 Å². The van der Waals surface area contributed by atoms with Gasteiger partial charge in [-0.15, -0.1) is 0 Å². The quantitative estimate of drug-likeness (QED) is 0.657. The summed E-state index contributed by atoms with van der Waals surface area (Å²) in [4.78, 5) is 13.7. The number of hydrogen-bond acceptors (Lipinski definition) is 4. The first kappa shape index (κ1) is 16.4. The lowest BCUT2D eigenvalue weighted by Crippen LogP contribution is -2.42. The van der Waals surface area contributed by atoms with Crippen LogP contribution in [0.2, 0.25) is 0 Å². The van der Waals surface area contributed by atoms with Crippen LogP contribution in [0.15, 0.2) is 0 Å². The van der Waals surface area contributed by atoms with Crippen LogP contribution in [0, 0.1) is 5.92 Å². The minimum atomic E-state index is -0.153. The zero-order valence-electron chi connectivity index (χ0n) is 12.1. The van der Waals surface area contributed by atoms with Crippen molar-refractivity contribution < 1.29 is 9.53 Å². The Morgan fingerprint density at radius 2 is 1.94 bits per heavy atom. The van der Waals surface area contributed by atoms with E-state index in [2.05, 4.69) is 31.1 Å². The molecule has 0 aliphatic heterocycles. The summed E-state index contributed by atoms with van der Waals surface area (Å²) in [5, 5.41) is 3.36. The number of carbonyl (C=O) groups excluding carboxylic acids is 1. The van der Waals surface area contributed by atoms with Crippen LogP contribution >= 0.6 is 0 Å². The summed E-state index contributed by atoms with van der Waals surface area (Å²) in [5.74, 6) is -0.255. The van der Waals surface area contributed by atoms with Crippen LogP contribution in [0.1, 0.15) is 34.1 Å². The van der Waals surface area contributed by atoms with E-state index in [0.29, 0.717) is 6.04 Å². The molecule has 0 aromatic carbocycles. The lowest BCUT2D eigenvalue weighted by molar-refractivity contribution is -0.145. The summed E-state index contributed by atoms with van der Waals surface area (Å²) >= 11 is 0. The molecule has 0 fully saturated rings. The number of nitrogens with one attached hydrogen (secondary N) is 1.